The summed E-state index contributed by atoms with van der Waals surface area (Å²) in [5.41, 5.74) is 3.06. The van der Waals surface area contributed by atoms with Crippen LogP contribution in [0.2, 0.25) is 0 Å². The van der Waals surface area contributed by atoms with Gasteiger partial charge in [0.1, 0.15) is 22.4 Å². The minimum absolute atomic E-state index is 0.0487. The van der Waals surface area contributed by atoms with E-state index in [9.17, 15) is 14.4 Å². The largest absolute Gasteiger partial charge is 0.493 e. The molecule has 0 aliphatic carbocycles. The molecule has 9 heteroatoms. The number of carbonyl (C=O) groups is 3. The van der Waals surface area contributed by atoms with Gasteiger partial charge in [-0.2, -0.15) is 0 Å². The zero-order valence-corrected chi connectivity index (χ0v) is 28.0. The predicted octanol–water partition coefficient (Wildman–Crippen LogP) is 8.37. The van der Waals surface area contributed by atoms with Crippen molar-refractivity contribution in [1.82, 2.24) is 5.32 Å². The van der Waals surface area contributed by atoms with Crippen molar-refractivity contribution >= 4 is 46.9 Å². The van der Waals surface area contributed by atoms with Crippen molar-refractivity contribution < 1.29 is 23.9 Å². The topological polar surface area (TPSA) is 106 Å². The van der Waals surface area contributed by atoms with Gasteiger partial charge in [-0.05, 0) is 80.1 Å². The molecule has 1 atom stereocenters. The van der Waals surface area contributed by atoms with Crippen LogP contribution in [0.3, 0.4) is 0 Å². The van der Waals surface area contributed by atoms with Gasteiger partial charge in [-0.3, -0.25) is 14.4 Å². The Hall–Kier alpha value is -5.80. The monoisotopic (exact) mass is 671 g/mol. The Bertz CT molecular complexity index is 1900. The molecule has 0 radical (unpaired) electrons. The van der Waals surface area contributed by atoms with E-state index in [0.717, 1.165) is 10.5 Å². The van der Waals surface area contributed by atoms with Gasteiger partial charge in [-0.15, -0.1) is 11.8 Å². The number of para-hydroxylation sites is 3. The fraction of sp³-hybridized carbons (Fsp3) is 0.125. The molecule has 0 bridgehead atoms. The normalized spacial score (nSPS) is 11.6. The molecule has 5 aromatic rings. The number of hydrogen-bond acceptors (Lipinski definition) is 6. The summed E-state index contributed by atoms with van der Waals surface area (Å²) < 4.78 is 11.5. The summed E-state index contributed by atoms with van der Waals surface area (Å²) in [5, 5.41) is 8.13. The summed E-state index contributed by atoms with van der Waals surface area (Å²) in [4.78, 5) is 41.2. The maximum absolute atomic E-state index is 13.7. The highest BCUT2D eigenvalue weighted by Gasteiger charge is 2.23. The van der Waals surface area contributed by atoms with Crippen molar-refractivity contribution in [3.05, 3.63) is 156 Å². The van der Waals surface area contributed by atoms with E-state index < -0.39 is 17.1 Å². The summed E-state index contributed by atoms with van der Waals surface area (Å²) in [6.45, 7) is 4.69. The number of benzene rings is 5. The molecule has 0 spiro atoms. The molecule has 5 aromatic carbocycles. The van der Waals surface area contributed by atoms with Crippen LogP contribution in [-0.2, 0) is 9.59 Å². The zero-order chi connectivity index (χ0) is 34.4. The van der Waals surface area contributed by atoms with Gasteiger partial charge in [0, 0.05) is 21.7 Å². The van der Waals surface area contributed by atoms with Crippen LogP contribution in [-0.4, -0.2) is 30.9 Å². The van der Waals surface area contributed by atoms with Crippen LogP contribution >= 0.6 is 11.8 Å². The van der Waals surface area contributed by atoms with E-state index in [1.807, 2.05) is 105 Å². The highest BCUT2D eigenvalue weighted by Crippen LogP contribution is 2.37. The maximum Gasteiger partial charge on any atom is 0.272 e. The average molecular weight is 672 g/mol. The minimum atomic E-state index is -0.565. The second-order valence-corrected chi connectivity index (χ2v) is 11.8. The summed E-state index contributed by atoms with van der Waals surface area (Å²) >= 11 is 1.39. The molecule has 0 aromatic heterocycles. The molecule has 1 unspecified atom stereocenters. The molecule has 8 nitrogen and oxygen atoms in total. The SMILES string of the molecule is CCOc1ccccc1/C=C(\NC(=O)c1ccccc1)C(=O)Nc1ccc(SC(C(=O)Nc2ccccc2OCC)c2ccccc2)cc1. The lowest BCUT2D eigenvalue weighted by atomic mass is 10.1. The standard InChI is InChI=1S/C40H37N3O5S/c1-3-47-35-21-13-11-19-30(35)27-34(43-38(44)29-17-9-6-10-18-29)39(45)41-31-23-25-32(26-24-31)49-37(28-15-7-5-8-16-28)40(46)42-33-20-12-14-22-36(33)48-4-2/h5-27,37H,3-4H2,1-2H3,(H,41,45)(H,42,46)(H,43,44)/b34-27-. The number of thioether (sulfide) groups is 1. The first-order chi connectivity index (χ1) is 23.9. The second-order valence-electron chi connectivity index (χ2n) is 10.7. The number of ether oxygens (including phenoxy) is 2. The lowest BCUT2D eigenvalue weighted by Gasteiger charge is -2.19. The molecule has 0 aliphatic rings. The van der Waals surface area contributed by atoms with Gasteiger partial charge < -0.3 is 25.4 Å². The van der Waals surface area contributed by atoms with Gasteiger partial charge in [0.25, 0.3) is 11.8 Å². The average Bonchev–Trinajstić information content (AvgIpc) is 3.13. The fourth-order valence-corrected chi connectivity index (χ4v) is 5.91. The number of hydrogen-bond donors (Lipinski definition) is 3. The van der Waals surface area contributed by atoms with Crippen LogP contribution in [0.5, 0.6) is 11.5 Å². The van der Waals surface area contributed by atoms with Crippen LogP contribution in [0, 0.1) is 0 Å². The first-order valence-electron chi connectivity index (χ1n) is 15.9. The Labute approximate surface area is 290 Å². The molecule has 0 fully saturated rings. The van der Waals surface area contributed by atoms with E-state index in [1.54, 1.807) is 48.5 Å². The number of carbonyl (C=O) groups excluding carboxylic acids is 3. The lowest BCUT2D eigenvalue weighted by Crippen LogP contribution is -2.30. The van der Waals surface area contributed by atoms with Crippen LogP contribution in [0.15, 0.2) is 144 Å². The summed E-state index contributed by atoms with van der Waals surface area (Å²) in [5.74, 6) is 0.0632. The van der Waals surface area contributed by atoms with E-state index in [4.69, 9.17) is 9.47 Å². The Morgan fingerprint density at radius 2 is 1.27 bits per heavy atom. The smallest absolute Gasteiger partial charge is 0.272 e. The molecule has 49 heavy (non-hydrogen) atoms. The van der Waals surface area contributed by atoms with E-state index >= 15 is 0 Å². The first-order valence-corrected chi connectivity index (χ1v) is 16.8. The van der Waals surface area contributed by atoms with E-state index in [2.05, 4.69) is 16.0 Å². The lowest BCUT2D eigenvalue weighted by molar-refractivity contribution is -0.116. The van der Waals surface area contributed by atoms with Gasteiger partial charge in [-0.25, -0.2) is 0 Å². The third-order valence-corrected chi connectivity index (χ3v) is 8.47. The molecule has 3 N–H and O–H groups in total. The van der Waals surface area contributed by atoms with Gasteiger partial charge in [0.05, 0.1) is 18.9 Å². The van der Waals surface area contributed by atoms with Crippen molar-refractivity contribution in [2.24, 2.45) is 0 Å². The van der Waals surface area contributed by atoms with Crippen LogP contribution in [0.4, 0.5) is 11.4 Å². The molecular formula is C40H37N3O5S. The number of amides is 3. The van der Waals surface area contributed by atoms with Crippen molar-refractivity contribution in [2.75, 3.05) is 23.8 Å². The number of anilines is 2. The number of nitrogens with one attached hydrogen (secondary N) is 3. The third kappa shape index (κ3) is 9.62. The van der Waals surface area contributed by atoms with Crippen LogP contribution in [0.25, 0.3) is 6.08 Å². The van der Waals surface area contributed by atoms with Crippen molar-refractivity contribution in [3.8, 4) is 11.5 Å². The molecule has 0 heterocycles. The second kappa shape index (κ2) is 17.4. The van der Waals surface area contributed by atoms with Crippen molar-refractivity contribution in [1.29, 1.82) is 0 Å². The van der Waals surface area contributed by atoms with Gasteiger partial charge in [0.15, 0.2) is 0 Å². The molecule has 0 saturated carbocycles. The highest BCUT2D eigenvalue weighted by molar-refractivity contribution is 8.00. The summed E-state index contributed by atoms with van der Waals surface area (Å²) in [7, 11) is 0. The Morgan fingerprint density at radius 1 is 0.673 bits per heavy atom. The third-order valence-electron chi connectivity index (χ3n) is 7.20. The van der Waals surface area contributed by atoms with Gasteiger partial charge in [-0.1, -0.05) is 78.9 Å². The molecule has 0 saturated heterocycles. The fourth-order valence-electron chi connectivity index (χ4n) is 4.89. The van der Waals surface area contributed by atoms with Crippen molar-refractivity contribution in [2.45, 2.75) is 24.0 Å². The molecule has 0 aliphatic heterocycles. The highest BCUT2D eigenvalue weighted by atomic mass is 32.2. The predicted molar refractivity (Wildman–Crippen MR) is 196 cm³/mol. The first kappa shape index (κ1) is 34.5. The Kier molecular flexibility index (Phi) is 12.2. The maximum atomic E-state index is 13.7. The van der Waals surface area contributed by atoms with Crippen LogP contribution < -0.4 is 25.4 Å². The molecule has 5 rings (SSSR count). The minimum Gasteiger partial charge on any atom is -0.493 e. The van der Waals surface area contributed by atoms with Gasteiger partial charge in [0.2, 0.25) is 5.91 Å². The summed E-state index contributed by atoms with van der Waals surface area (Å²) in [6.07, 6.45) is 1.60. The Morgan fingerprint density at radius 3 is 1.96 bits per heavy atom. The van der Waals surface area contributed by atoms with E-state index in [-0.39, 0.29) is 11.6 Å². The van der Waals surface area contributed by atoms with Gasteiger partial charge >= 0.3 is 0 Å². The van der Waals surface area contributed by atoms with E-state index in [0.29, 0.717) is 47.2 Å². The zero-order valence-electron chi connectivity index (χ0n) is 27.2. The molecule has 248 valence electrons. The van der Waals surface area contributed by atoms with Crippen molar-refractivity contribution in [3.63, 3.8) is 0 Å². The Balaban J connectivity index is 1.35. The quantitative estimate of drug-likeness (QED) is 0.0810. The summed E-state index contributed by atoms with van der Waals surface area (Å²) in [6, 6.07) is 40.1. The van der Waals surface area contributed by atoms with E-state index in [1.165, 1.54) is 11.8 Å². The number of rotatable bonds is 14. The molecular weight excluding hydrogens is 635 g/mol. The molecule has 3 amide bonds. The van der Waals surface area contributed by atoms with Crippen LogP contribution in [0.1, 0.15) is 40.6 Å².